The molecule has 2 aliphatic heterocycles. The third-order valence-electron chi connectivity index (χ3n) is 6.30. The molecule has 5 nitrogen and oxygen atoms in total. The molecule has 9 heteroatoms. The third kappa shape index (κ3) is 4.23. The number of fused-ring (bicyclic) bond motifs is 1. The zero-order valence-corrected chi connectivity index (χ0v) is 16.4. The lowest BCUT2D eigenvalue weighted by Gasteiger charge is -2.31. The molecule has 1 aromatic carbocycles. The molecule has 0 aromatic heterocycles. The first-order chi connectivity index (χ1) is 14.2. The van der Waals surface area contributed by atoms with Crippen LogP contribution in [0.15, 0.2) is 18.2 Å². The fourth-order valence-corrected chi connectivity index (χ4v) is 4.63. The summed E-state index contributed by atoms with van der Waals surface area (Å²) in [7, 11) is 0. The molecule has 4 atom stereocenters. The number of benzene rings is 1. The van der Waals surface area contributed by atoms with Gasteiger partial charge in [0.05, 0.1) is 12.2 Å². The molecule has 0 spiro atoms. The Hall–Kier alpha value is -2.00. The molecule has 0 bridgehead atoms. The molecular formula is C21H24F4N2O3. The van der Waals surface area contributed by atoms with E-state index in [-0.39, 0.29) is 36.7 Å². The molecule has 1 aliphatic carbocycles. The topological polar surface area (TPSA) is 58.6 Å². The number of alkyl halides is 4. The predicted octanol–water partition coefficient (Wildman–Crippen LogP) is 3.12. The van der Waals surface area contributed by atoms with E-state index in [2.05, 4.69) is 5.32 Å². The van der Waals surface area contributed by atoms with E-state index >= 15 is 0 Å². The van der Waals surface area contributed by atoms with E-state index in [1.165, 1.54) is 6.07 Å². The number of nitrogens with zero attached hydrogens (tertiary/aromatic N) is 1. The quantitative estimate of drug-likeness (QED) is 0.594. The number of carbonyl (C=O) groups excluding carboxylic acids is 2. The standard InChI is InChI=1S/C21H24F4N2O3/c22-17-11-30-8-6-18(17)26-15-4-2-13(9-15)19(28)27-7-5-12-1-3-14(21(23,24)25)10-16(12)20(27)29/h1,3,10,13,15,17-18,26H,2,4-9,11H2/t13-,15?,17?,18?/m0/s1. The van der Waals surface area contributed by atoms with Crippen LogP contribution in [0.4, 0.5) is 17.6 Å². The summed E-state index contributed by atoms with van der Waals surface area (Å²) in [6.45, 7) is 0.722. The van der Waals surface area contributed by atoms with Gasteiger partial charge in [0.25, 0.3) is 5.91 Å². The van der Waals surface area contributed by atoms with E-state index in [0.29, 0.717) is 44.3 Å². The lowest BCUT2D eigenvalue weighted by atomic mass is 9.95. The minimum Gasteiger partial charge on any atom is -0.378 e. The summed E-state index contributed by atoms with van der Waals surface area (Å²) in [5.41, 5.74) is -0.428. The molecule has 1 N–H and O–H groups in total. The van der Waals surface area contributed by atoms with Gasteiger partial charge in [-0.1, -0.05) is 6.07 Å². The minimum atomic E-state index is -4.55. The van der Waals surface area contributed by atoms with Crippen molar-refractivity contribution in [1.29, 1.82) is 0 Å². The van der Waals surface area contributed by atoms with Crippen molar-refractivity contribution in [2.75, 3.05) is 19.8 Å². The second kappa shape index (κ2) is 8.26. The van der Waals surface area contributed by atoms with Crippen molar-refractivity contribution in [3.8, 4) is 0 Å². The van der Waals surface area contributed by atoms with Crippen LogP contribution in [0, 0.1) is 5.92 Å². The van der Waals surface area contributed by atoms with Gasteiger partial charge in [-0.15, -0.1) is 0 Å². The van der Waals surface area contributed by atoms with Crippen LogP contribution in [0.2, 0.25) is 0 Å². The molecule has 4 rings (SSSR count). The number of carbonyl (C=O) groups is 2. The van der Waals surface area contributed by atoms with Crippen LogP contribution in [0.5, 0.6) is 0 Å². The minimum absolute atomic E-state index is 0.0238. The summed E-state index contributed by atoms with van der Waals surface area (Å²) in [6, 6.07) is 2.79. The number of imide groups is 1. The number of amides is 2. The normalized spacial score (nSPS) is 29.7. The van der Waals surface area contributed by atoms with Gasteiger partial charge in [0.1, 0.15) is 6.17 Å². The molecule has 1 aromatic rings. The van der Waals surface area contributed by atoms with Crippen molar-refractivity contribution < 1.29 is 31.9 Å². The Morgan fingerprint density at radius 1 is 1.20 bits per heavy atom. The number of hydrogen-bond donors (Lipinski definition) is 1. The molecule has 2 heterocycles. The average Bonchev–Trinajstić information content (AvgIpc) is 3.17. The first kappa shape index (κ1) is 21.2. The van der Waals surface area contributed by atoms with Gasteiger partial charge < -0.3 is 10.1 Å². The SMILES string of the molecule is O=C1c2cc(C(F)(F)F)ccc2CCN1C(=O)[C@H]1CCC(NC2CCOCC2F)C1. The zero-order chi connectivity index (χ0) is 21.5. The highest BCUT2D eigenvalue weighted by atomic mass is 19.4. The predicted molar refractivity (Wildman–Crippen MR) is 99.6 cm³/mol. The van der Waals surface area contributed by atoms with Gasteiger partial charge in [-0.25, -0.2) is 4.39 Å². The van der Waals surface area contributed by atoms with Crippen molar-refractivity contribution in [3.05, 3.63) is 34.9 Å². The third-order valence-corrected chi connectivity index (χ3v) is 6.30. The Labute approximate surface area is 171 Å². The van der Waals surface area contributed by atoms with Gasteiger partial charge in [-0.05, 0) is 49.8 Å². The van der Waals surface area contributed by atoms with Gasteiger partial charge in [-0.3, -0.25) is 14.5 Å². The van der Waals surface area contributed by atoms with Crippen LogP contribution in [0.25, 0.3) is 0 Å². The number of nitrogens with one attached hydrogen (secondary N) is 1. The van der Waals surface area contributed by atoms with Gasteiger partial charge >= 0.3 is 6.18 Å². The summed E-state index contributed by atoms with van der Waals surface area (Å²) in [5.74, 6) is -1.41. The first-order valence-corrected chi connectivity index (χ1v) is 10.3. The maximum absolute atomic E-state index is 14.0. The molecule has 3 aliphatic rings. The summed E-state index contributed by atoms with van der Waals surface area (Å²) in [6.07, 6.45) is -2.99. The van der Waals surface area contributed by atoms with E-state index in [1.54, 1.807) is 0 Å². The molecule has 30 heavy (non-hydrogen) atoms. The highest BCUT2D eigenvalue weighted by molar-refractivity contribution is 6.07. The Morgan fingerprint density at radius 3 is 2.73 bits per heavy atom. The van der Waals surface area contributed by atoms with Crippen molar-refractivity contribution in [1.82, 2.24) is 10.2 Å². The fourth-order valence-electron chi connectivity index (χ4n) is 4.63. The number of hydrogen-bond acceptors (Lipinski definition) is 4. The monoisotopic (exact) mass is 428 g/mol. The van der Waals surface area contributed by atoms with Crippen LogP contribution < -0.4 is 5.32 Å². The van der Waals surface area contributed by atoms with E-state index in [1.807, 2.05) is 0 Å². The molecule has 1 saturated carbocycles. The van der Waals surface area contributed by atoms with Crippen LogP contribution in [0.1, 0.15) is 47.2 Å². The van der Waals surface area contributed by atoms with E-state index in [4.69, 9.17) is 4.74 Å². The average molecular weight is 428 g/mol. The van der Waals surface area contributed by atoms with E-state index in [0.717, 1.165) is 17.0 Å². The van der Waals surface area contributed by atoms with E-state index < -0.39 is 29.7 Å². The molecular weight excluding hydrogens is 404 g/mol. The Balaban J connectivity index is 1.41. The highest BCUT2D eigenvalue weighted by Crippen LogP contribution is 2.34. The van der Waals surface area contributed by atoms with Crippen molar-refractivity contribution >= 4 is 11.8 Å². The second-order valence-corrected chi connectivity index (χ2v) is 8.27. The molecule has 3 unspecified atom stereocenters. The molecule has 1 saturated heterocycles. The van der Waals surface area contributed by atoms with Crippen LogP contribution in [-0.4, -0.2) is 54.7 Å². The molecule has 2 fully saturated rings. The van der Waals surface area contributed by atoms with Gasteiger partial charge in [0, 0.05) is 36.7 Å². The second-order valence-electron chi connectivity index (χ2n) is 8.27. The largest absolute Gasteiger partial charge is 0.416 e. The fraction of sp³-hybridized carbons (Fsp3) is 0.619. The van der Waals surface area contributed by atoms with Gasteiger partial charge in [-0.2, -0.15) is 13.2 Å². The Morgan fingerprint density at radius 2 is 2.00 bits per heavy atom. The summed E-state index contributed by atoms with van der Waals surface area (Å²) in [5, 5.41) is 3.27. The van der Waals surface area contributed by atoms with E-state index in [9.17, 15) is 27.2 Å². The van der Waals surface area contributed by atoms with Crippen molar-refractivity contribution in [3.63, 3.8) is 0 Å². The Bertz CT molecular complexity index is 829. The molecule has 164 valence electrons. The molecule has 2 amide bonds. The molecule has 0 radical (unpaired) electrons. The number of ether oxygens (including phenoxy) is 1. The lowest BCUT2D eigenvalue weighted by molar-refractivity contribution is -0.137. The van der Waals surface area contributed by atoms with Crippen molar-refractivity contribution in [2.24, 2.45) is 5.92 Å². The first-order valence-electron chi connectivity index (χ1n) is 10.3. The van der Waals surface area contributed by atoms with Crippen molar-refractivity contribution in [2.45, 2.75) is 56.5 Å². The van der Waals surface area contributed by atoms with Crippen LogP contribution >= 0.6 is 0 Å². The van der Waals surface area contributed by atoms with Gasteiger partial charge in [0.15, 0.2) is 0 Å². The maximum atomic E-state index is 14.0. The van der Waals surface area contributed by atoms with Crippen LogP contribution in [0.3, 0.4) is 0 Å². The maximum Gasteiger partial charge on any atom is 0.416 e. The number of rotatable bonds is 3. The smallest absolute Gasteiger partial charge is 0.378 e. The van der Waals surface area contributed by atoms with Gasteiger partial charge in [0.2, 0.25) is 5.91 Å². The lowest BCUT2D eigenvalue weighted by Crippen LogP contribution is -2.48. The highest BCUT2D eigenvalue weighted by Gasteiger charge is 2.40. The summed E-state index contributed by atoms with van der Waals surface area (Å²) >= 11 is 0. The zero-order valence-electron chi connectivity index (χ0n) is 16.4. The Kier molecular flexibility index (Phi) is 5.85. The summed E-state index contributed by atoms with van der Waals surface area (Å²) < 4.78 is 58.1. The number of halogens is 4. The van der Waals surface area contributed by atoms with Crippen LogP contribution in [-0.2, 0) is 22.1 Å². The summed E-state index contributed by atoms with van der Waals surface area (Å²) in [4.78, 5) is 26.8.